The highest BCUT2D eigenvalue weighted by Gasteiger charge is 2.16. The Kier molecular flexibility index (Phi) is 7.21. The van der Waals surface area contributed by atoms with Crippen LogP contribution in [-0.2, 0) is 16.1 Å². The van der Waals surface area contributed by atoms with E-state index in [0.717, 1.165) is 0 Å². The predicted molar refractivity (Wildman–Crippen MR) is 94.5 cm³/mol. The number of aromatic nitrogens is 1. The van der Waals surface area contributed by atoms with E-state index in [1.54, 1.807) is 45.2 Å². The van der Waals surface area contributed by atoms with Gasteiger partial charge in [0.2, 0.25) is 0 Å². The van der Waals surface area contributed by atoms with Gasteiger partial charge in [0.15, 0.2) is 0 Å². The summed E-state index contributed by atoms with van der Waals surface area (Å²) < 4.78 is 5.17. The Morgan fingerprint density at radius 2 is 2.08 bits per heavy atom. The molecule has 0 bridgehead atoms. The molecule has 0 spiro atoms. The van der Waals surface area contributed by atoms with Gasteiger partial charge < -0.3 is 15.2 Å². The zero-order chi connectivity index (χ0) is 18.3. The molecule has 0 aliphatic heterocycles. The summed E-state index contributed by atoms with van der Waals surface area (Å²) in [6.45, 7) is 7.08. The molecule has 0 unspecified atom stereocenters. The fraction of sp³-hybridized carbons (Fsp3) is 0.500. The van der Waals surface area contributed by atoms with E-state index in [9.17, 15) is 9.59 Å². The summed E-state index contributed by atoms with van der Waals surface area (Å²) in [4.78, 5) is 31.2. The van der Waals surface area contributed by atoms with E-state index in [1.807, 2.05) is 0 Å². The summed E-state index contributed by atoms with van der Waals surface area (Å²) in [6, 6.07) is 4.45. The van der Waals surface area contributed by atoms with Gasteiger partial charge in [-0.15, -0.1) is 11.8 Å². The molecule has 0 saturated carbocycles. The molecule has 0 radical (unpaired) electrons. The van der Waals surface area contributed by atoms with Crippen LogP contribution < -0.4 is 5.32 Å². The van der Waals surface area contributed by atoms with Gasteiger partial charge in [0.05, 0.1) is 17.9 Å². The van der Waals surface area contributed by atoms with Crippen LogP contribution in [0, 0.1) is 0 Å². The summed E-state index contributed by atoms with van der Waals surface area (Å²) in [7, 11) is 0. The molecule has 7 nitrogen and oxygen atoms in total. The fourth-order valence-corrected chi connectivity index (χ4v) is 2.21. The van der Waals surface area contributed by atoms with Gasteiger partial charge in [-0.2, -0.15) is 0 Å². The summed E-state index contributed by atoms with van der Waals surface area (Å²) in [5, 5.41) is 12.1. The number of nitrogens with one attached hydrogen (secondary N) is 1. The second kappa shape index (κ2) is 8.68. The van der Waals surface area contributed by atoms with Gasteiger partial charge in [-0.3, -0.25) is 4.99 Å². The number of nitrogens with zero attached hydrogens (tertiary/aromatic N) is 2. The van der Waals surface area contributed by atoms with Crippen molar-refractivity contribution in [2.75, 3.05) is 6.26 Å². The van der Waals surface area contributed by atoms with Crippen LogP contribution in [0.15, 0.2) is 23.2 Å². The molecule has 8 heteroatoms. The maximum atomic E-state index is 11.7. The van der Waals surface area contributed by atoms with Crippen molar-refractivity contribution in [3.8, 4) is 0 Å². The quantitative estimate of drug-likeness (QED) is 0.623. The summed E-state index contributed by atoms with van der Waals surface area (Å²) in [5.41, 5.74) is 0.632. The lowest BCUT2D eigenvalue weighted by Crippen LogP contribution is -2.32. The molecule has 0 aliphatic rings. The lowest BCUT2D eigenvalue weighted by atomic mass is 10.2. The van der Waals surface area contributed by atoms with Crippen molar-refractivity contribution in [3.63, 3.8) is 0 Å². The first-order chi connectivity index (χ1) is 11.1. The molecular weight excluding hydrogens is 330 g/mol. The van der Waals surface area contributed by atoms with E-state index in [2.05, 4.69) is 15.3 Å². The van der Waals surface area contributed by atoms with E-state index in [0.29, 0.717) is 16.4 Å². The Morgan fingerprint density at radius 1 is 1.42 bits per heavy atom. The van der Waals surface area contributed by atoms with Gasteiger partial charge in [-0.1, -0.05) is 6.07 Å². The number of rotatable bonds is 5. The molecule has 0 saturated heterocycles. The monoisotopic (exact) mass is 353 g/mol. The van der Waals surface area contributed by atoms with Crippen LogP contribution in [-0.4, -0.2) is 45.1 Å². The number of carbonyl (C=O) groups excluding carboxylic acids is 1. The zero-order valence-electron chi connectivity index (χ0n) is 14.5. The SMILES string of the molecule is CSC(=N[C@H](C)C(=O)O)c1cccc(CNC(=O)OC(C)(C)C)n1. The number of thioether (sulfide) groups is 1. The highest BCUT2D eigenvalue weighted by atomic mass is 32.2. The molecule has 1 aromatic heterocycles. The van der Waals surface area contributed by atoms with Crippen LogP contribution in [0.25, 0.3) is 0 Å². The molecule has 24 heavy (non-hydrogen) atoms. The Morgan fingerprint density at radius 3 is 2.62 bits per heavy atom. The number of ether oxygens (including phenoxy) is 1. The lowest BCUT2D eigenvalue weighted by Gasteiger charge is -2.19. The number of alkyl carbamates (subject to hydrolysis) is 1. The van der Waals surface area contributed by atoms with E-state index < -0.39 is 23.7 Å². The highest BCUT2D eigenvalue weighted by Crippen LogP contribution is 2.12. The largest absolute Gasteiger partial charge is 0.480 e. The number of amides is 1. The molecule has 1 amide bonds. The third-order valence-electron chi connectivity index (χ3n) is 2.70. The number of carbonyl (C=O) groups is 2. The minimum atomic E-state index is -0.996. The number of hydrogen-bond acceptors (Lipinski definition) is 6. The Labute approximate surface area is 145 Å². The third-order valence-corrected chi connectivity index (χ3v) is 3.40. The minimum Gasteiger partial charge on any atom is -0.480 e. The molecule has 1 rings (SSSR count). The van der Waals surface area contributed by atoms with Gasteiger partial charge in [-0.25, -0.2) is 14.6 Å². The molecule has 132 valence electrons. The fourth-order valence-electron chi connectivity index (χ4n) is 1.63. The number of pyridine rings is 1. The molecule has 1 heterocycles. The van der Waals surface area contributed by atoms with Crippen molar-refractivity contribution in [1.29, 1.82) is 0 Å². The van der Waals surface area contributed by atoms with Crippen molar-refractivity contribution in [3.05, 3.63) is 29.6 Å². The summed E-state index contributed by atoms with van der Waals surface area (Å²) >= 11 is 1.32. The first-order valence-electron chi connectivity index (χ1n) is 7.40. The van der Waals surface area contributed by atoms with Crippen molar-refractivity contribution < 1.29 is 19.4 Å². The van der Waals surface area contributed by atoms with Crippen LogP contribution in [0.4, 0.5) is 4.79 Å². The Balaban J connectivity index is 2.82. The second-order valence-corrected chi connectivity index (χ2v) is 6.82. The number of carboxylic acids is 1. The van der Waals surface area contributed by atoms with Crippen molar-refractivity contribution >= 4 is 28.9 Å². The van der Waals surface area contributed by atoms with Gasteiger partial charge in [0, 0.05) is 0 Å². The van der Waals surface area contributed by atoms with Crippen LogP contribution in [0.1, 0.15) is 39.1 Å². The van der Waals surface area contributed by atoms with Crippen molar-refractivity contribution in [1.82, 2.24) is 10.3 Å². The average molecular weight is 353 g/mol. The molecule has 0 fully saturated rings. The van der Waals surface area contributed by atoms with Crippen LogP contribution in [0.3, 0.4) is 0 Å². The maximum Gasteiger partial charge on any atom is 0.407 e. The number of hydrogen-bond donors (Lipinski definition) is 2. The Bertz CT molecular complexity index is 626. The third kappa shape index (κ3) is 6.99. The van der Waals surface area contributed by atoms with Gasteiger partial charge >= 0.3 is 12.1 Å². The normalized spacial score (nSPS) is 13.3. The second-order valence-electron chi connectivity index (χ2n) is 6.02. The van der Waals surface area contributed by atoms with Gasteiger partial charge in [0.25, 0.3) is 0 Å². The van der Waals surface area contributed by atoms with E-state index in [1.165, 1.54) is 18.7 Å². The first kappa shape index (κ1) is 20.0. The number of carboxylic acid groups (broad SMARTS) is 1. The highest BCUT2D eigenvalue weighted by molar-refractivity contribution is 8.13. The van der Waals surface area contributed by atoms with Crippen molar-refractivity contribution in [2.24, 2.45) is 4.99 Å². The first-order valence-corrected chi connectivity index (χ1v) is 8.62. The minimum absolute atomic E-state index is 0.207. The molecular formula is C16H23N3O4S. The van der Waals surface area contributed by atoms with E-state index in [-0.39, 0.29) is 6.54 Å². The van der Waals surface area contributed by atoms with E-state index in [4.69, 9.17) is 9.84 Å². The molecule has 1 atom stereocenters. The smallest absolute Gasteiger partial charge is 0.407 e. The topological polar surface area (TPSA) is 101 Å². The summed E-state index contributed by atoms with van der Waals surface area (Å²) in [5.74, 6) is -0.996. The number of aliphatic imine (C=N–C) groups is 1. The van der Waals surface area contributed by atoms with Crippen LogP contribution in [0.2, 0.25) is 0 Å². The number of aliphatic carboxylic acids is 1. The lowest BCUT2D eigenvalue weighted by molar-refractivity contribution is -0.137. The van der Waals surface area contributed by atoms with Gasteiger partial charge in [0.1, 0.15) is 16.7 Å². The molecule has 0 aliphatic carbocycles. The predicted octanol–water partition coefficient (Wildman–Crippen LogP) is 2.69. The van der Waals surface area contributed by atoms with Crippen LogP contribution >= 0.6 is 11.8 Å². The molecule has 2 N–H and O–H groups in total. The average Bonchev–Trinajstić information content (AvgIpc) is 2.48. The zero-order valence-corrected chi connectivity index (χ0v) is 15.3. The molecule has 1 aromatic rings. The van der Waals surface area contributed by atoms with Crippen molar-refractivity contribution in [2.45, 2.75) is 45.9 Å². The molecule has 0 aromatic carbocycles. The Hall–Kier alpha value is -2.09. The summed E-state index contributed by atoms with van der Waals surface area (Å²) in [6.07, 6.45) is 1.29. The van der Waals surface area contributed by atoms with Gasteiger partial charge in [-0.05, 0) is 46.1 Å². The van der Waals surface area contributed by atoms with Crippen LogP contribution in [0.5, 0.6) is 0 Å². The standard InChI is InChI=1S/C16H23N3O4S/c1-10(14(20)21)18-13(24-5)12-8-6-7-11(19-12)9-17-15(22)23-16(2,3)4/h6-8,10H,9H2,1-5H3,(H,17,22)(H,20,21)/t10-/m1/s1. The van der Waals surface area contributed by atoms with E-state index >= 15 is 0 Å². The maximum absolute atomic E-state index is 11.7.